The molecule has 1 heterocycles. The second-order valence-electron chi connectivity index (χ2n) is 5.73. The maximum Gasteiger partial charge on any atom is 0.131 e. The van der Waals surface area contributed by atoms with E-state index in [4.69, 9.17) is 11.6 Å². The van der Waals surface area contributed by atoms with E-state index in [1.54, 1.807) is 4.68 Å². The number of hydrogen-bond acceptors (Lipinski definition) is 2. The van der Waals surface area contributed by atoms with Crippen LogP contribution in [0.1, 0.15) is 39.0 Å². The van der Waals surface area contributed by atoms with Gasteiger partial charge in [0.2, 0.25) is 0 Å². The average molecular weight is 258 g/mol. The summed E-state index contributed by atoms with van der Waals surface area (Å²) in [6.45, 7) is 12.8. The second-order valence-corrected chi connectivity index (χ2v) is 6.08. The fourth-order valence-electron chi connectivity index (χ4n) is 1.59. The minimum Gasteiger partial charge on any atom is -0.312 e. The van der Waals surface area contributed by atoms with Crippen LogP contribution in [0.15, 0.2) is 0 Å². The molecule has 0 unspecified atom stereocenters. The molecular formula is C13H24ClN3. The van der Waals surface area contributed by atoms with Gasteiger partial charge in [0.05, 0.1) is 5.69 Å². The molecule has 0 radical (unpaired) electrons. The van der Waals surface area contributed by atoms with Gasteiger partial charge in [-0.25, -0.2) is 0 Å². The number of nitrogens with one attached hydrogen (secondary N) is 1. The lowest BCUT2D eigenvalue weighted by Crippen LogP contribution is -2.33. The minimum absolute atomic E-state index is 0.294. The molecule has 98 valence electrons. The second kappa shape index (κ2) is 5.40. The molecule has 4 heteroatoms. The third-order valence-electron chi connectivity index (χ3n) is 3.72. The van der Waals surface area contributed by atoms with Crippen LogP contribution in [0, 0.1) is 18.3 Å². The molecule has 0 aliphatic rings. The molecule has 1 aromatic rings. The SMILES string of the molecule is Cc1nn(C)c(Cl)c1CNCC(C)(C)C(C)C. The van der Waals surface area contributed by atoms with Crippen molar-refractivity contribution in [1.82, 2.24) is 15.1 Å². The Balaban J connectivity index is 2.57. The van der Waals surface area contributed by atoms with Gasteiger partial charge in [-0.1, -0.05) is 39.3 Å². The van der Waals surface area contributed by atoms with E-state index in [2.05, 4.69) is 38.1 Å². The topological polar surface area (TPSA) is 29.9 Å². The number of aryl methyl sites for hydroxylation is 2. The number of nitrogens with zero attached hydrogens (tertiary/aromatic N) is 2. The minimum atomic E-state index is 0.294. The molecule has 0 saturated carbocycles. The van der Waals surface area contributed by atoms with Gasteiger partial charge in [-0.2, -0.15) is 5.10 Å². The van der Waals surface area contributed by atoms with E-state index in [0.29, 0.717) is 11.3 Å². The van der Waals surface area contributed by atoms with Crippen molar-refractivity contribution >= 4 is 11.6 Å². The Morgan fingerprint density at radius 1 is 1.41 bits per heavy atom. The number of aromatic nitrogens is 2. The van der Waals surface area contributed by atoms with Gasteiger partial charge in [-0.3, -0.25) is 4.68 Å². The van der Waals surface area contributed by atoms with Crippen molar-refractivity contribution < 1.29 is 0 Å². The third kappa shape index (κ3) is 3.46. The summed E-state index contributed by atoms with van der Waals surface area (Å²) in [5, 5.41) is 8.52. The van der Waals surface area contributed by atoms with Crippen LogP contribution in [-0.2, 0) is 13.6 Å². The van der Waals surface area contributed by atoms with Gasteiger partial charge in [0.15, 0.2) is 0 Å². The summed E-state index contributed by atoms with van der Waals surface area (Å²) >= 11 is 6.19. The third-order valence-corrected chi connectivity index (χ3v) is 4.19. The van der Waals surface area contributed by atoms with Crippen LogP contribution < -0.4 is 5.32 Å². The highest BCUT2D eigenvalue weighted by Gasteiger charge is 2.22. The van der Waals surface area contributed by atoms with Crippen LogP contribution in [0.25, 0.3) is 0 Å². The summed E-state index contributed by atoms with van der Waals surface area (Å²) in [5.74, 6) is 0.653. The van der Waals surface area contributed by atoms with Crippen molar-refractivity contribution in [3.05, 3.63) is 16.4 Å². The largest absolute Gasteiger partial charge is 0.312 e. The van der Waals surface area contributed by atoms with E-state index in [1.807, 2.05) is 14.0 Å². The van der Waals surface area contributed by atoms with Crippen molar-refractivity contribution in [2.75, 3.05) is 6.54 Å². The van der Waals surface area contributed by atoms with Crippen LogP contribution in [-0.4, -0.2) is 16.3 Å². The molecule has 1 N–H and O–H groups in total. The summed E-state index contributed by atoms with van der Waals surface area (Å²) in [5.41, 5.74) is 2.41. The zero-order chi connectivity index (χ0) is 13.2. The van der Waals surface area contributed by atoms with E-state index < -0.39 is 0 Å². The molecule has 0 atom stereocenters. The summed E-state index contributed by atoms with van der Waals surface area (Å²) in [6.07, 6.45) is 0. The van der Waals surface area contributed by atoms with Crippen molar-refractivity contribution in [3.63, 3.8) is 0 Å². The smallest absolute Gasteiger partial charge is 0.131 e. The van der Waals surface area contributed by atoms with E-state index in [0.717, 1.165) is 29.5 Å². The summed E-state index contributed by atoms with van der Waals surface area (Å²) in [4.78, 5) is 0. The van der Waals surface area contributed by atoms with Crippen molar-refractivity contribution in [2.45, 2.75) is 41.2 Å². The zero-order valence-electron chi connectivity index (χ0n) is 11.8. The maximum absolute atomic E-state index is 6.19. The van der Waals surface area contributed by atoms with Crippen LogP contribution in [0.4, 0.5) is 0 Å². The summed E-state index contributed by atoms with van der Waals surface area (Å²) in [6, 6.07) is 0. The fraction of sp³-hybridized carbons (Fsp3) is 0.769. The molecule has 17 heavy (non-hydrogen) atoms. The molecule has 0 bridgehead atoms. The van der Waals surface area contributed by atoms with E-state index >= 15 is 0 Å². The van der Waals surface area contributed by atoms with E-state index in [1.165, 1.54) is 0 Å². The van der Waals surface area contributed by atoms with Crippen LogP contribution in [0.3, 0.4) is 0 Å². The van der Waals surface area contributed by atoms with Crippen LogP contribution in [0.5, 0.6) is 0 Å². The van der Waals surface area contributed by atoms with Gasteiger partial charge in [0.1, 0.15) is 5.15 Å². The van der Waals surface area contributed by atoms with Crippen LogP contribution in [0.2, 0.25) is 5.15 Å². The van der Waals surface area contributed by atoms with Gasteiger partial charge >= 0.3 is 0 Å². The molecular weight excluding hydrogens is 234 g/mol. The molecule has 0 aromatic carbocycles. The first-order valence-corrected chi connectivity index (χ1v) is 6.52. The number of halogens is 1. The first-order valence-electron chi connectivity index (χ1n) is 6.14. The molecule has 3 nitrogen and oxygen atoms in total. The lowest BCUT2D eigenvalue weighted by molar-refractivity contribution is 0.238. The maximum atomic E-state index is 6.19. The lowest BCUT2D eigenvalue weighted by Gasteiger charge is -2.29. The van der Waals surface area contributed by atoms with Gasteiger partial charge in [-0.15, -0.1) is 0 Å². The van der Waals surface area contributed by atoms with Crippen molar-refractivity contribution in [2.24, 2.45) is 18.4 Å². The highest BCUT2D eigenvalue weighted by atomic mass is 35.5. The lowest BCUT2D eigenvalue weighted by atomic mass is 9.81. The van der Waals surface area contributed by atoms with Gasteiger partial charge in [0, 0.05) is 25.7 Å². The summed E-state index contributed by atoms with van der Waals surface area (Å²) in [7, 11) is 1.87. The normalized spacial score (nSPS) is 12.5. The number of rotatable bonds is 5. The predicted molar refractivity (Wildman–Crippen MR) is 73.3 cm³/mol. The predicted octanol–water partition coefficient (Wildman–Crippen LogP) is 3.15. The van der Waals surface area contributed by atoms with Crippen molar-refractivity contribution in [1.29, 1.82) is 0 Å². The first-order chi connectivity index (χ1) is 7.75. The van der Waals surface area contributed by atoms with E-state index in [9.17, 15) is 0 Å². The Hall–Kier alpha value is -0.540. The molecule has 1 aromatic heterocycles. The van der Waals surface area contributed by atoms with Crippen LogP contribution >= 0.6 is 11.6 Å². The molecule has 1 rings (SSSR count). The Morgan fingerprint density at radius 3 is 2.41 bits per heavy atom. The summed E-state index contributed by atoms with van der Waals surface area (Å²) < 4.78 is 1.72. The zero-order valence-corrected chi connectivity index (χ0v) is 12.5. The first kappa shape index (κ1) is 14.5. The standard InChI is InChI=1S/C13H24ClN3/c1-9(2)13(4,5)8-15-7-11-10(3)16-17(6)12(11)14/h9,15H,7-8H2,1-6H3. The van der Waals surface area contributed by atoms with Crippen molar-refractivity contribution in [3.8, 4) is 0 Å². The highest BCUT2D eigenvalue weighted by molar-refractivity contribution is 6.30. The Labute approximate surface area is 110 Å². The highest BCUT2D eigenvalue weighted by Crippen LogP contribution is 2.25. The molecule has 0 aliphatic carbocycles. The van der Waals surface area contributed by atoms with Gasteiger partial charge < -0.3 is 5.32 Å². The fourth-order valence-corrected chi connectivity index (χ4v) is 1.83. The quantitative estimate of drug-likeness (QED) is 0.878. The molecule has 0 fully saturated rings. The average Bonchev–Trinajstić information content (AvgIpc) is 2.44. The molecule has 0 amide bonds. The molecule has 0 spiro atoms. The monoisotopic (exact) mass is 257 g/mol. The molecule has 0 saturated heterocycles. The van der Waals surface area contributed by atoms with E-state index in [-0.39, 0.29) is 0 Å². The Bertz CT molecular complexity index is 380. The van der Waals surface area contributed by atoms with Gasteiger partial charge in [0.25, 0.3) is 0 Å². The molecule has 0 aliphatic heterocycles. The van der Waals surface area contributed by atoms with Gasteiger partial charge in [-0.05, 0) is 18.3 Å². The Kier molecular flexibility index (Phi) is 4.62. The number of hydrogen-bond donors (Lipinski definition) is 1. The Morgan fingerprint density at radius 2 is 2.00 bits per heavy atom.